The predicted octanol–water partition coefficient (Wildman–Crippen LogP) is 4.76. The summed E-state index contributed by atoms with van der Waals surface area (Å²) in [7, 11) is 0. The second kappa shape index (κ2) is 10.3. The van der Waals surface area contributed by atoms with E-state index in [1.807, 2.05) is 0 Å². The molecule has 210 valence electrons. The predicted molar refractivity (Wildman–Crippen MR) is 136 cm³/mol. The van der Waals surface area contributed by atoms with E-state index in [1.165, 1.54) is 19.9 Å². The minimum Gasteiger partial charge on any atom is -0.353 e. The third kappa shape index (κ3) is 6.25. The lowest BCUT2D eigenvalue weighted by Gasteiger charge is -2.35. The molecule has 3 N–H and O–H groups in total. The van der Waals surface area contributed by atoms with Gasteiger partial charge in [-0.3, -0.25) is 9.59 Å². The average molecular weight is 547 g/mol. The Bertz CT molecular complexity index is 1360. The Kier molecular flexibility index (Phi) is 7.15. The molecular weight excluding hydrogens is 513 g/mol. The summed E-state index contributed by atoms with van der Waals surface area (Å²) >= 11 is 0. The zero-order valence-electron chi connectivity index (χ0n) is 22.2. The summed E-state index contributed by atoms with van der Waals surface area (Å²) in [5.41, 5.74) is -1.72. The molecule has 3 aromatic rings. The molecule has 0 aliphatic heterocycles. The Morgan fingerprint density at radius 2 is 1.92 bits per heavy atom. The first-order valence-corrected chi connectivity index (χ1v) is 13.3. The van der Waals surface area contributed by atoms with Crippen LogP contribution in [0, 0.1) is 11.7 Å². The number of rotatable bonds is 9. The number of hydrogen-bond acceptors (Lipinski definition) is 6. The maximum Gasteiger partial charge on any atom is 0.276 e. The van der Waals surface area contributed by atoms with E-state index >= 15 is 4.39 Å². The molecule has 0 unspecified atom stereocenters. The molecule has 2 heterocycles. The van der Waals surface area contributed by atoms with Crippen molar-refractivity contribution >= 4 is 22.8 Å². The van der Waals surface area contributed by atoms with Gasteiger partial charge in [0.1, 0.15) is 28.4 Å². The lowest BCUT2D eigenvalue weighted by atomic mass is 9.77. The number of alkyl halides is 2. The highest BCUT2D eigenvalue weighted by molar-refractivity contribution is 5.93. The van der Waals surface area contributed by atoms with Crippen LogP contribution in [0.1, 0.15) is 98.8 Å². The monoisotopic (exact) mass is 546 g/mol. The Morgan fingerprint density at radius 1 is 1.21 bits per heavy atom. The third-order valence-electron chi connectivity index (χ3n) is 7.57. The van der Waals surface area contributed by atoms with E-state index in [2.05, 4.69) is 30.9 Å². The van der Waals surface area contributed by atoms with Crippen LogP contribution in [0.3, 0.4) is 0 Å². The molecule has 1 atom stereocenters. The lowest BCUT2D eigenvalue weighted by Crippen LogP contribution is -2.38. The van der Waals surface area contributed by atoms with Crippen LogP contribution < -0.4 is 10.6 Å². The van der Waals surface area contributed by atoms with Crippen LogP contribution >= 0.6 is 0 Å². The van der Waals surface area contributed by atoms with Gasteiger partial charge in [0.15, 0.2) is 11.5 Å². The maximum absolute atomic E-state index is 15.5. The van der Waals surface area contributed by atoms with Crippen LogP contribution in [0.2, 0.25) is 0 Å². The second-order valence-electron chi connectivity index (χ2n) is 11.7. The van der Waals surface area contributed by atoms with E-state index in [0.29, 0.717) is 42.7 Å². The quantitative estimate of drug-likeness (QED) is 0.355. The number of aromatic amines is 1. The molecule has 2 saturated carbocycles. The van der Waals surface area contributed by atoms with Crippen molar-refractivity contribution in [2.75, 3.05) is 6.54 Å². The number of H-pyrrole nitrogens is 1. The van der Waals surface area contributed by atoms with Gasteiger partial charge >= 0.3 is 0 Å². The Labute approximate surface area is 223 Å². The number of hydrogen-bond donors (Lipinski definition) is 3. The van der Waals surface area contributed by atoms with Crippen molar-refractivity contribution < 1.29 is 27.4 Å². The normalized spacial score (nSPS) is 22.6. The van der Waals surface area contributed by atoms with Crippen molar-refractivity contribution in [1.82, 2.24) is 30.9 Å². The van der Waals surface area contributed by atoms with E-state index in [0.717, 1.165) is 12.8 Å². The largest absolute Gasteiger partial charge is 0.353 e. The Morgan fingerprint density at radius 3 is 2.59 bits per heavy atom. The number of nitrogens with zero attached hydrogens (tertiary/aromatic N) is 3. The molecule has 0 bridgehead atoms. The fourth-order valence-electron chi connectivity index (χ4n) is 5.10. The first-order chi connectivity index (χ1) is 18.4. The molecular formula is C27H33F3N6O3. The van der Waals surface area contributed by atoms with Gasteiger partial charge < -0.3 is 15.6 Å². The van der Waals surface area contributed by atoms with Crippen LogP contribution in [0.15, 0.2) is 16.8 Å². The highest BCUT2D eigenvalue weighted by atomic mass is 19.1. The van der Waals surface area contributed by atoms with E-state index in [1.54, 1.807) is 13.0 Å². The third-order valence-corrected chi connectivity index (χ3v) is 7.57. The zero-order valence-corrected chi connectivity index (χ0v) is 22.2. The summed E-state index contributed by atoms with van der Waals surface area (Å²) < 4.78 is 48.6. The van der Waals surface area contributed by atoms with Gasteiger partial charge in [0.25, 0.3) is 5.91 Å². The molecule has 5 rings (SSSR count). The summed E-state index contributed by atoms with van der Waals surface area (Å²) in [6.07, 6.45) is 3.19. The minimum absolute atomic E-state index is 0.0216. The molecule has 0 saturated heterocycles. The summed E-state index contributed by atoms with van der Waals surface area (Å²) in [5, 5.41) is 13.1. The van der Waals surface area contributed by atoms with E-state index in [-0.39, 0.29) is 41.6 Å². The zero-order chi connectivity index (χ0) is 27.9. The molecule has 2 fully saturated rings. The highest BCUT2D eigenvalue weighted by Gasteiger charge is 2.39. The number of nitrogens with one attached hydrogen (secondary N) is 3. The molecule has 2 aromatic heterocycles. The molecule has 1 aromatic carbocycles. The number of amides is 2. The van der Waals surface area contributed by atoms with E-state index in [4.69, 9.17) is 4.63 Å². The molecule has 2 aliphatic rings. The summed E-state index contributed by atoms with van der Waals surface area (Å²) in [4.78, 5) is 33.1. The van der Waals surface area contributed by atoms with Crippen molar-refractivity contribution in [3.05, 3.63) is 40.7 Å². The van der Waals surface area contributed by atoms with Crippen LogP contribution in [0.4, 0.5) is 13.2 Å². The fourth-order valence-corrected chi connectivity index (χ4v) is 5.10. The second-order valence-corrected chi connectivity index (χ2v) is 11.7. The van der Waals surface area contributed by atoms with Crippen molar-refractivity contribution in [1.29, 1.82) is 0 Å². The van der Waals surface area contributed by atoms with Crippen LogP contribution in [0.25, 0.3) is 11.0 Å². The van der Waals surface area contributed by atoms with Crippen molar-refractivity contribution in [2.24, 2.45) is 5.92 Å². The number of benzene rings is 1. The maximum atomic E-state index is 15.5. The van der Waals surface area contributed by atoms with E-state index in [9.17, 15) is 18.4 Å². The van der Waals surface area contributed by atoms with Gasteiger partial charge in [0, 0.05) is 5.92 Å². The number of carbonyl (C=O) groups excluding carboxylic acids is 2. The topological polar surface area (TPSA) is 126 Å². The molecule has 2 amide bonds. The van der Waals surface area contributed by atoms with Crippen LogP contribution in [0.5, 0.6) is 0 Å². The molecule has 0 radical (unpaired) electrons. The summed E-state index contributed by atoms with van der Waals surface area (Å²) in [6.45, 7) is 4.06. The van der Waals surface area contributed by atoms with Gasteiger partial charge in [-0.05, 0) is 82.0 Å². The van der Waals surface area contributed by atoms with Crippen molar-refractivity contribution in [3.8, 4) is 0 Å². The van der Waals surface area contributed by atoms with Gasteiger partial charge in [-0.15, -0.1) is 0 Å². The average Bonchev–Trinajstić information content (AvgIpc) is 3.42. The number of aromatic nitrogens is 4. The number of carbonyl (C=O) groups is 2. The smallest absolute Gasteiger partial charge is 0.276 e. The SMILES string of the molecule is CC(C)(F)CNC(=O)Cc1ccc2[nH]c([C@@H](NC(=O)c3nonc3C3CC3)C3CCC(C)(F)CC3)nc2c1F. The van der Waals surface area contributed by atoms with Gasteiger partial charge in [-0.25, -0.2) is 22.8 Å². The van der Waals surface area contributed by atoms with Crippen molar-refractivity contribution in [2.45, 2.75) is 89.0 Å². The van der Waals surface area contributed by atoms with Gasteiger partial charge in [-0.1, -0.05) is 11.2 Å². The number of halogens is 3. The number of fused-ring (bicyclic) bond motifs is 1. The Balaban J connectivity index is 1.41. The summed E-state index contributed by atoms with van der Waals surface area (Å²) in [6, 6.07) is 2.43. The van der Waals surface area contributed by atoms with E-state index < -0.39 is 35.0 Å². The molecule has 9 nitrogen and oxygen atoms in total. The standard InChI is InChI=1S/C27H33F3N6O3/c1-26(2,29)13-31-18(37)12-16-6-7-17-22(19(16)28)33-24(32-17)21(15-8-10-27(3,30)11-9-15)34-25(38)23-20(14-4-5-14)35-39-36-23/h6-7,14-15,21H,4-5,8-13H2,1-3H3,(H,31,37)(H,32,33)(H,34,38)/t15?,21-,27?/m0/s1. The van der Waals surface area contributed by atoms with Crippen LogP contribution in [-0.2, 0) is 11.2 Å². The first kappa shape index (κ1) is 27.1. The van der Waals surface area contributed by atoms with Gasteiger partial charge in [-0.2, -0.15) is 0 Å². The van der Waals surface area contributed by atoms with Crippen molar-refractivity contribution in [3.63, 3.8) is 0 Å². The summed E-state index contributed by atoms with van der Waals surface area (Å²) in [5.74, 6) is -1.35. The fraction of sp³-hybridized carbons (Fsp3) is 0.593. The molecule has 39 heavy (non-hydrogen) atoms. The first-order valence-electron chi connectivity index (χ1n) is 13.3. The Hall–Kier alpha value is -3.44. The number of imidazole rings is 1. The van der Waals surface area contributed by atoms with Gasteiger partial charge in [0.05, 0.1) is 24.5 Å². The van der Waals surface area contributed by atoms with Gasteiger partial charge in [0.2, 0.25) is 5.91 Å². The van der Waals surface area contributed by atoms with Crippen LogP contribution in [-0.4, -0.2) is 50.0 Å². The molecule has 0 spiro atoms. The molecule has 2 aliphatic carbocycles. The lowest BCUT2D eigenvalue weighted by molar-refractivity contribution is -0.121. The highest BCUT2D eigenvalue weighted by Crippen LogP contribution is 2.42. The minimum atomic E-state index is -1.59. The molecule has 12 heteroatoms.